The number of benzene rings is 1. The van der Waals surface area contributed by atoms with Crippen molar-refractivity contribution in [2.24, 2.45) is 16.8 Å². The lowest BCUT2D eigenvalue weighted by Crippen LogP contribution is -2.40. The Kier molecular flexibility index (Phi) is 7.97. The first kappa shape index (κ1) is 21.9. The molecule has 0 saturated heterocycles. The second kappa shape index (κ2) is 10.2. The molecule has 1 aliphatic carbocycles. The Balaban J connectivity index is 1.88. The standard InChI is InChI=1S/C19H24N2O7/c22-10-16(24)19(27)15(23)9-20-8-13-7-14(13)18(26)12-3-1-2-11(6-12)4-5-17(25)21-28/h1-6,9,13-16,19,22-24,27-28H,7-8,10H2,(H,21,25)/b5-4+,20-9?/t13-,14?,15+,16-,19-/m1/s1. The highest BCUT2D eigenvalue weighted by molar-refractivity contribution is 6.00. The van der Waals surface area contributed by atoms with Gasteiger partial charge in [-0.3, -0.25) is 19.8 Å². The van der Waals surface area contributed by atoms with Crippen LogP contribution in [0.5, 0.6) is 0 Å². The number of hydroxylamine groups is 1. The van der Waals surface area contributed by atoms with Gasteiger partial charge in [0.05, 0.1) is 6.61 Å². The van der Waals surface area contributed by atoms with Crippen molar-refractivity contribution in [3.8, 4) is 0 Å². The first-order valence-corrected chi connectivity index (χ1v) is 8.78. The predicted octanol–water partition coefficient (Wildman–Crippen LogP) is -0.830. The molecule has 1 aromatic rings. The van der Waals surface area contributed by atoms with Crippen LogP contribution in [0.3, 0.4) is 0 Å². The number of amides is 1. The Morgan fingerprint density at radius 2 is 2.04 bits per heavy atom. The van der Waals surface area contributed by atoms with Gasteiger partial charge in [-0.25, -0.2) is 5.48 Å². The Bertz CT molecular complexity index is 750. The maximum atomic E-state index is 12.6. The molecule has 1 unspecified atom stereocenters. The molecule has 1 aliphatic rings. The molecular formula is C19H24N2O7. The van der Waals surface area contributed by atoms with E-state index < -0.39 is 30.8 Å². The molecule has 1 saturated carbocycles. The van der Waals surface area contributed by atoms with Gasteiger partial charge in [-0.2, -0.15) is 0 Å². The van der Waals surface area contributed by atoms with Crippen LogP contribution >= 0.6 is 0 Å². The number of nitrogens with zero attached hydrogens (tertiary/aromatic N) is 1. The molecule has 1 amide bonds. The highest BCUT2D eigenvalue weighted by Gasteiger charge is 2.42. The van der Waals surface area contributed by atoms with Crippen molar-refractivity contribution in [2.75, 3.05) is 13.2 Å². The Hall–Kier alpha value is -2.43. The van der Waals surface area contributed by atoms with Gasteiger partial charge < -0.3 is 20.4 Å². The summed E-state index contributed by atoms with van der Waals surface area (Å²) in [7, 11) is 0. The molecule has 1 aromatic carbocycles. The summed E-state index contributed by atoms with van der Waals surface area (Å²) in [4.78, 5) is 27.6. The van der Waals surface area contributed by atoms with E-state index >= 15 is 0 Å². The number of aliphatic hydroxyl groups is 4. The van der Waals surface area contributed by atoms with Gasteiger partial charge in [0.15, 0.2) is 5.78 Å². The SMILES string of the molecule is O=C(/C=C/c1cccc(C(=O)C2C[C@@H]2CN=C[C@H](O)[C@@H](O)[C@H](O)CO)c1)NO. The number of hydrogen-bond acceptors (Lipinski definition) is 8. The topological polar surface area (TPSA) is 160 Å². The molecule has 0 aromatic heterocycles. The summed E-state index contributed by atoms with van der Waals surface area (Å²) >= 11 is 0. The summed E-state index contributed by atoms with van der Waals surface area (Å²) in [5.74, 6) is -0.883. The predicted molar refractivity (Wildman–Crippen MR) is 99.8 cm³/mol. The van der Waals surface area contributed by atoms with Crippen LogP contribution in [-0.2, 0) is 4.79 Å². The lowest BCUT2D eigenvalue weighted by atomic mass is 10.0. The lowest BCUT2D eigenvalue weighted by molar-refractivity contribution is -0.124. The van der Waals surface area contributed by atoms with Gasteiger partial charge in [-0.05, 0) is 30.0 Å². The third-order valence-corrected chi connectivity index (χ3v) is 4.50. The fourth-order valence-electron chi connectivity index (χ4n) is 2.72. The first-order valence-electron chi connectivity index (χ1n) is 8.78. The van der Waals surface area contributed by atoms with E-state index in [4.69, 9.17) is 10.3 Å². The smallest absolute Gasteiger partial charge is 0.267 e. The van der Waals surface area contributed by atoms with Crippen LogP contribution in [0, 0.1) is 11.8 Å². The zero-order valence-corrected chi connectivity index (χ0v) is 15.0. The lowest BCUT2D eigenvalue weighted by Gasteiger charge is -2.18. The van der Waals surface area contributed by atoms with E-state index in [-0.39, 0.29) is 17.6 Å². The third-order valence-electron chi connectivity index (χ3n) is 4.50. The molecule has 0 radical (unpaired) electrons. The van der Waals surface area contributed by atoms with Crippen LogP contribution in [-0.4, -0.2) is 75.0 Å². The highest BCUT2D eigenvalue weighted by Crippen LogP contribution is 2.41. The van der Waals surface area contributed by atoms with Gasteiger partial charge in [-0.15, -0.1) is 0 Å². The zero-order valence-electron chi connectivity index (χ0n) is 15.0. The zero-order chi connectivity index (χ0) is 20.7. The quantitative estimate of drug-likeness (QED) is 0.0996. The summed E-state index contributed by atoms with van der Waals surface area (Å²) in [5, 5.41) is 45.6. The molecule has 9 nitrogen and oxygen atoms in total. The molecule has 0 aliphatic heterocycles. The molecule has 0 spiro atoms. The van der Waals surface area contributed by atoms with E-state index in [0.717, 1.165) is 12.3 Å². The Morgan fingerprint density at radius 3 is 2.71 bits per heavy atom. The number of aliphatic hydroxyl groups excluding tert-OH is 4. The van der Waals surface area contributed by atoms with E-state index in [9.17, 15) is 24.9 Å². The summed E-state index contributed by atoms with van der Waals surface area (Å²) in [6.07, 6.45) is -0.0246. The van der Waals surface area contributed by atoms with E-state index in [1.807, 2.05) is 0 Å². The van der Waals surface area contributed by atoms with Crippen molar-refractivity contribution >= 4 is 24.0 Å². The van der Waals surface area contributed by atoms with Crippen LogP contribution in [0.1, 0.15) is 22.3 Å². The summed E-state index contributed by atoms with van der Waals surface area (Å²) in [6.45, 7) is -0.379. The monoisotopic (exact) mass is 392 g/mol. The molecular weight excluding hydrogens is 368 g/mol. The number of nitrogens with one attached hydrogen (secondary N) is 1. The average molecular weight is 392 g/mol. The van der Waals surface area contributed by atoms with E-state index in [0.29, 0.717) is 24.1 Å². The van der Waals surface area contributed by atoms with Crippen molar-refractivity contribution in [2.45, 2.75) is 24.7 Å². The fraction of sp³-hybridized carbons (Fsp3) is 0.421. The first-order chi connectivity index (χ1) is 13.4. The molecule has 28 heavy (non-hydrogen) atoms. The van der Waals surface area contributed by atoms with E-state index in [1.54, 1.807) is 24.3 Å². The minimum atomic E-state index is -1.53. The number of rotatable bonds is 10. The van der Waals surface area contributed by atoms with Gasteiger partial charge in [0.1, 0.15) is 18.3 Å². The normalized spacial score (nSPS) is 22.2. The molecule has 2 rings (SSSR count). The summed E-state index contributed by atoms with van der Waals surface area (Å²) in [5.41, 5.74) is 2.63. The van der Waals surface area contributed by atoms with Crippen molar-refractivity contribution in [1.29, 1.82) is 0 Å². The fourth-order valence-corrected chi connectivity index (χ4v) is 2.72. The molecule has 6 N–H and O–H groups in total. The van der Waals surface area contributed by atoms with Crippen molar-refractivity contribution < 1.29 is 35.2 Å². The Morgan fingerprint density at radius 1 is 1.29 bits per heavy atom. The van der Waals surface area contributed by atoms with Gasteiger partial charge in [0.2, 0.25) is 0 Å². The van der Waals surface area contributed by atoms with Gasteiger partial charge in [0.25, 0.3) is 5.91 Å². The molecule has 5 atom stereocenters. The van der Waals surface area contributed by atoms with Gasteiger partial charge in [0, 0.05) is 30.3 Å². The van der Waals surface area contributed by atoms with Crippen LogP contribution < -0.4 is 5.48 Å². The van der Waals surface area contributed by atoms with Crippen molar-refractivity contribution in [3.63, 3.8) is 0 Å². The minimum absolute atomic E-state index is 0.0234. The minimum Gasteiger partial charge on any atom is -0.394 e. The molecule has 9 heteroatoms. The summed E-state index contributed by atoms with van der Waals surface area (Å²) in [6, 6.07) is 6.75. The highest BCUT2D eigenvalue weighted by atomic mass is 16.5. The van der Waals surface area contributed by atoms with Crippen LogP contribution in [0.25, 0.3) is 6.08 Å². The van der Waals surface area contributed by atoms with Crippen LogP contribution in [0.2, 0.25) is 0 Å². The average Bonchev–Trinajstić information content (AvgIpc) is 3.49. The second-order valence-electron chi connectivity index (χ2n) is 6.65. The molecule has 152 valence electrons. The Labute approximate surface area is 161 Å². The molecule has 0 heterocycles. The van der Waals surface area contributed by atoms with Crippen LogP contribution in [0.15, 0.2) is 35.3 Å². The third kappa shape index (κ3) is 6.04. The molecule has 0 bridgehead atoms. The second-order valence-corrected chi connectivity index (χ2v) is 6.65. The number of hydrogen-bond donors (Lipinski definition) is 6. The number of carbonyl (C=O) groups is 2. The maximum absolute atomic E-state index is 12.6. The number of Topliss-reactive ketones (excluding diaryl/α,β-unsaturated/α-hetero) is 1. The number of carbonyl (C=O) groups excluding carboxylic acids is 2. The summed E-state index contributed by atoms with van der Waals surface area (Å²) < 4.78 is 0. The van der Waals surface area contributed by atoms with Crippen LogP contribution in [0.4, 0.5) is 0 Å². The van der Waals surface area contributed by atoms with Crippen molar-refractivity contribution in [1.82, 2.24) is 5.48 Å². The number of aliphatic imine (C=N–C) groups is 1. The van der Waals surface area contributed by atoms with Gasteiger partial charge >= 0.3 is 0 Å². The van der Waals surface area contributed by atoms with E-state index in [1.165, 1.54) is 11.6 Å². The molecule has 1 fully saturated rings. The van der Waals surface area contributed by atoms with Gasteiger partial charge in [-0.1, -0.05) is 18.2 Å². The number of ketones is 1. The largest absolute Gasteiger partial charge is 0.394 e. The van der Waals surface area contributed by atoms with E-state index in [2.05, 4.69) is 4.99 Å². The van der Waals surface area contributed by atoms with Crippen molar-refractivity contribution in [3.05, 3.63) is 41.5 Å². The maximum Gasteiger partial charge on any atom is 0.267 e.